The Balaban J connectivity index is 1.70. The van der Waals surface area contributed by atoms with Gasteiger partial charge in [0.25, 0.3) is 5.89 Å². The van der Waals surface area contributed by atoms with Gasteiger partial charge in [0, 0.05) is 29.7 Å². The Labute approximate surface area is 135 Å². The van der Waals surface area contributed by atoms with Crippen LogP contribution in [-0.2, 0) is 6.42 Å². The Kier molecular flexibility index (Phi) is 3.31. The van der Waals surface area contributed by atoms with E-state index >= 15 is 0 Å². The van der Waals surface area contributed by atoms with Gasteiger partial charge in [0.2, 0.25) is 0 Å². The number of halogens is 2. The van der Waals surface area contributed by atoms with Crippen LogP contribution in [0.3, 0.4) is 0 Å². The summed E-state index contributed by atoms with van der Waals surface area (Å²) in [5, 5.41) is 4.90. The average Bonchev–Trinajstić information content (AvgIpc) is 3.14. The minimum atomic E-state index is -0.353. The molecule has 1 N–H and O–H groups in total. The number of hydrogen-bond donors (Lipinski definition) is 1. The molecule has 7 heteroatoms. The Morgan fingerprint density at radius 2 is 2.00 bits per heavy atom. The van der Waals surface area contributed by atoms with Crippen LogP contribution in [0.5, 0.6) is 0 Å². The first-order chi connectivity index (χ1) is 11.2. The van der Waals surface area contributed by atoms with Gasteiger partial charge in [-0.2, -0.15) is 4.98 Å². The summed E-state index contributed by atoms with van der Waals surface area (Å²) in [7, 11) is 0. The molecule has 0 spiro atoms. The zero-order valence-electron chi connectivity index (χ0n) is 11.8. The third kappa shape index (κ3) is 2.57. The molecule has 0 saturated heterocycles. The number of fused-ring (bicyclic) bond motifs is 1. The van der Waals surface area contributed by atoms with Crippen molar-refractivity contribution in [2.75, 3.05) is 0 Å². The number of pyridine rings is 1. The molecule has 0 aliphatic rings. The van der Waals surface area contributed by atoms with E-state index in [2.05, 4.69) is 20.1 Å². The summed E-state index contributed by atoms with van der Waals surface area (Å²) in [5.41, 5.74) is 2.22. The van der Waals surface area contributed by atoms with Crippen LogP contribution < -0.4 is 0 Å². The highest BCUT2D eigenvalue weighted by Crippen LogP contribution is 2.34. The monoisotopic (exact) mass is 328 g/mol. The lowest BCUT2D eigenvalue weighted by molar-refractivity contribution is 0.423. The van der Waals surface area contributed by atoms with Crippen molar-refractivity contribution in [1.29, 1.82) is 0 Å². The van der Waals surface area contributed by atoms with Gasteiger partial charge in [-0.1, -0.05) is 16.8 Å². The maximum Gasteiger partial charge on any atom is 0.275 e. The summed E-state index contributed by atoms with van der Waals surface area (Å²) >= 11 is 6.30. The number of nitrogens with zero attached hydrogens (tertiary/aromatic N) is 3. The molecule has 4 rings (SSSR count). The molecule has 23 heavy (non-hydrogen) atoms. The van der Waals surface area contributed by atoms with Crippen LogP contribution in [-0.4, -0.2) is 20.1 Å². The number of rotatable bonds is 3. The normalized spacial score (nSPS) is 11.2. The number of aromatic amines is 1. The van der Waals surface area contributed by atoms with Crippen LogP contribution >= 0.6 is 11.6 Å². The molecule has 0 saturated carbocycles. The van der Waals surface area contributed by atoms with Gasteiger partial charge in [0.05, 0.1) is 5.02 Å². The van der Waals surface area contributed by atoms with Crippen LogP contribution in [0.1, 0.15) is 11.4 Å². The fourth-order valence-electron chi connectivity index (χ4n) is 2.39. The Bertz CT molecular complexity index is 980. The molecule has 4 aromatic rings. The van der Waals surface area contributed by atoms with E-state index in [1.165, 1.54) is 12.1 Å². The minimum Gasteiger partial charge on any atom is -0.349 e. The number of H-pyrrole nitrogens is 1. The van der Waals surface area contributed by atoms with E-state index in [1.807, 2.05) is 12.1 Å². The molecule has 0 bridgehead atoms. The van der Waals surface area contributed by atoms with E-state index in [0.29, 0.717) is 33.9 Å². The fourth-order valence-corrected chi connectivity index (χ4v) is 2.67. The molecule has 1 aromatic carbocycles. The SMILES string of the molecule is Fc1ccc2[nH]c(-c3nc(Cc4ccncc4)no3)c(Cl)c2c1. The predicted molar refractivity (Wildman–Crippen MR) is 83.6 cm³/mol. The highest BCUT2D eigenvalue weighted by atomic mass is 35.5. The van der Waals surface area contributed by atoms with E-state index in [9.17, 15) is 4.39 Å². The molecule has 0 amide bonds. The molecule has 114 valence electrons. The van der Waals surface area contributed by atoms with Gasteiger partial charge < -0.3 is 9.51 Å². The number of nitrogens with one attached hydrogen (secondary N) is 1. The van der Waals surface area contributed by atoms with E-state index in [1.54, 1.807) is 18.5 Å². The van der Waals surface area contributed by atoms with Gasteiger partial charge in [-0.15, -0.1) is 0 Å². The average molecular weight is 329 g/mol. The molecule has 0 atom stereocenters. The van der Waals surface area contributed by atoms with Gasteiger partial charge in [-0.25, -0.2) is 4.39 Å². The smallest absolute Gasteiger partial charge is 0.275 e. The van der Waals surface area contributed by atoms with Crippen molar-refractivity contribution in [3.05, 3.63) is 65.0 Å². The second-order valence-corrected chi connectivity index (χ2v) is 5.43. The predicted octanol–water partition coefficient (Wildman–Crippen LogP) is 4.00. The minimum absolute atomic E-state index is 0.274. The summed E-state index contributed by atoms with van der Waals surface area (Å²) in [4.78, 5) is 11.4. The van der Waals surface area contributed by atoms with E-state index in [0.717, 1.165) is 5.56 Å². The Morgan fingerprint density at radius 1 is 1.17 bits per heavy atom. The van der Waals surface area contributed by atoms with Gasteiger partial charge in [-0.05, 0) is 35.9 Å². The molecule has 0 aliphatic heterocycles. The third-order valence-electron chi connectivity index (χ3n) is 3.49. The lowest BCUT2D eigenvalue weighted by Gasteiger charge is -1.93. The first-order valence-corrected chi connectivity index (χ1v) is 7.27. The standard InChI is InChI=1S/C16H10ClFN4O/c17-14-11-8-10(18)1-2-12(11)20-15(14)16-21-13(22-23-16)7-9-3-5-19-6-4-9/h1-6,8,20H,7H2. The summed E-state index contributed by atoms with van der Waals surface area (Å²) in [6, 6.07) is 8.12. The summed E-state index contributed by atoms with van der Waals surface area (Å²) in [5.74, 6) is 0.455. The van der Waals surface area contributed by atoms with Crippen molar-refractivity contribution < 1.29 is 8.91 Å². The van der Waals surface area contributed by atoms with E-state index in [4.69, 9.17) is 16.1 Å². The van der Waals surface area contributed by atoms with Crippen molar-refractivity contribution in [3.8, 4) is 11.6 Å². The first kappa shape index (κ1) is 13.9. The maximum atomic E-state index is 13.3. The van der Waals surface area contributed by atoms with E-state index < -0.39 is 0 Å². The molecule has 5 nitrogen and oxygen atoms in total. The third-order valence-corrected chi connectivity index (χ3v) is 3.88. The van der Waals surface area contributed by atoms with Crippen molar-refractivity contribution in [3.63, 3.8) is 0 Å². The second kappa shape index (κ2) is 5.48. The maximum absolute atomic E-state index is 13.3. The van der Waals surface area contributed by atoms with Crippen molar-refractivity contribution >= 4 is 22.5 Å². The topological polar surface area (TPSA) is 67.6 Å². The highest BCUT2D eigenvalue weighted by Gasteiger charge is 2.17. The van der Waals surface area contributed by atoms with Gasteiger partial charge in [0.1, 0.15) is 11.5 Å². The van der Waals surface area contributed by atoms with Gasteiger partial charge >= 0.3 is 0 Å². The molecule has 0 unspecified atom stereocenters. The highest BCUT2D eigenvalue weighted by molar-refractivity contribution is 6.38. The zero-order valence-corrected chi connectivity index (χ0v) is 12.5. The van der Waals surface area contributed by atoms with Crippen LogP contribution in [0.15, 0.2) is 47.2 Å². The lowest BCUT2D eigenvalue weighted by atomic mass is 10.2. The Morgan fingerprint density at radius 3 is 2.83 bits per heavy atom. The Hall–Kier alpha value is -2.73. The molecular weight excluding hydrogens is 319 g/mol. The molecule has 3 heterocycles. The van der Waals surface area contributed by atoms with Gasteiger partial charge in [-0.3, -0.25) is 4.98 Å². The van der Waals surface area contributed by atoms with Crippen molar-refractivity contribution in [2.45, 2.75) is 6.42 Å². The fraction of sp³-hybridized carbons (Fsp3) is 0.0625. The number of aromatic nitrogens is 4. The van der Waals surface area contributed by atoms with Crippen LogP contribution in [0.4, 0.5) is 4.39 Å². The lowest BCUT2D eigenvalue weighted by Crippen LogP contribution is -1.90. The molecular formula is C16H10ClFN4O. The largest absolute Gasteiger partial charge is 0.349 e. The first-order valence-electron chi connectivity index (χ1n) is 6.89. The van der Waals surface area contributed by atoms with Crippen molar-refractivity contribution in [1.82, 2.24) is 20.1 Å². The van der Waals surface area contributed by atoms with Gasteiger partial charge in [0.15, 0.2) is 5.82 Å². The molecule has 3 aromatic heterocycles. The van der Waals surface area contributed by atoms with E-state index in [-0.39, 0.29) is 11.7 Å². The number of benzene rings is 1. The van der Waals surface area contributed by atoms with Crippen LogP contribution in [0.25, 0.3) is 22.5 Å². The number of hydrogen-bond acceptors (Lipinski definition) is 4. The van der Waals surface area contributed by atoms with Crippen LogP contribution in [0.2, 0.25) is 5.02 Å². The molecule has 0 aliphatic carbocycles. The van der Waals surface area contributed by atoms with Crippen molar-refractivity contribution in [2.24, 2.45) is 0 Å². The van der Waals surface area contributed by atoms with Crippen LogP contribution in [0, 0.1) is 5.82 Å². The summed E-state index contributed by atoms with van der Waals surface area (Å²) in [6.07, 6.45) is 3.94. The molecule has 0 radical (unpaired) electrons. The molecule has 0 fully saturated rings. The second-order valence-electron chi connectivity index (χ2n) is 5.05. The quantitative estimate of drug-likeness (QED) is 0.617. The zero-order chi connectivity index (χ0) is 15.8. The summed E-state index contributed by atoms with van der Waals surface area (Å²) in [6.45, 7) is 0. The summed E-state index contributed by atoms with van der Waals surface area (Å²) < 4.78 is 18.6.